The second kappa shape index (κ2) is 13.7. The predicted octanol–water partition coefficient (Wildman–Crippen LogP) is 6.67. The summed E-state index contributed by atoms with van der Waals surface area (Å²) in [6, 6.07) is 12.0. The number of halogens is 2. The number of aryl methyl sites for hydroxylation is 1. The van der Waals surface area contributed by atoms with E-state index in [-0.39, 0.29) is 41.4 Å². The van der Waals surface area contributed by atoms with Crippen molar-refractivity contribution in [1.29, 1.82) is 0 Å². The van der Waals surface area contributed by atoms with Gasteiger partial charge in [-0.25, -0.2) is 13.6 Å². The van der Waals surface area contributed by atoms with Gasteiger partial charge in [-0.3, -0.25) is 14.6 Å². The van der Waals surface area contributed by atoms with Gasteiger partial charge in [0.1, 0.15) is 34.5 Å². The highest BCUT2D eigenvalue weighted by molar-refractivity contribution is 7.21. The summed E-state index contributed by atoms with van der Waals surface area (Å²) in [7, 11) is 0. The smallest absolute Gasteiger partial charge is 0.407 e. The van der Waals surface area contributed by atoms with Gasteiger partial charge in [-0.05, 0) is 63.4 Å². The number of nitrogens with one attached hydrogen (secondary N) is 2. The largest absolute Gasteiger partial charge is 0.456 e. The Bertz CT molecular complexity index is 1650. The van der Waals surface area contributed by atoms with Crippen LogP contribution in [0.1, 0.15) is 53.6 Å². The molecule has 0 saturated heterocycles. The Balaban J connectivity index is 1.34. The van der Waals surface area contributed by atoms with Crippen LogP contribution in [0.15, 0.2) is 54.7 Å². The molecule has 8 nitrogen and oxygen atoms in total. The lowest BCUT2D eigenvalue weighted by Gasteiger charge is -2.19. The van der Waals surface area contributed by atoms with Gasteiger partial charge in [-0.2, -0.15) is 0 Å². The van der Waals surface area contributed by atoms with Crippen LogP contribution in [-0.2, 0) is 22.4 Å². The molecule has 0 aliphatic carbocycles. The van der Waals surface area contributed by atoms with Crippen molar-refractivity contribution < 1.29 is 32.6 Å². The Morgan fingerprint density at radius 2 is 1.65 bits per heavy atom. The first-order valence-corrected chi connectivity index (χ1v) is 14.6. The van der Waals surface area contributed by atoms with Crippen molar-refractivity contribution in [2.45, 2.75) is 52.6 Å². The van der Waals surface area contributed by atoms with E-state index in [9.17, 15) is 23.2 Å². The van der Waals surface area contributed by atoms with Gasteiger partial charge < -0.3 is 20.1 Å². The molecule has 0 radical (unpaired) electrons. The first-order chi connectivity index (χ1) is 20.4. The summed E-state index contributed by atoms with van der Waals surface area (Å²) in [6.45, 7) is 7.83. The number of hydrogen-bond acceptors (Lipinski definition) is 7. The summed E-state index contributed by atoms with van der Waals surface area (Å²) in [5.41, 5.74) is 1.27. The molecule has 2 amide bonds. The molecule has 0 saturated carbocycles. The van der Waals surface area contributed by atoms with Crippen LogP contribution in [0.3, 0.4) is 0 Å². The van der Waals surface area contributed by atoms with Gasteiger partial charge in [-0.1, -0.05) is 23.8 Å². The van der Waals surface area contributed by atoms with E-state index in [0.717, 1.165) is 5.56 Å². The molecule has 0 atom stereocenters. The minimum absolute atomic E-state index is 0.128. The van der Waals surface area contributed by atoms with E-state index in [4.69, 9.17) is 9.47 Å². The third kappa shape index (κ3) is 9.05. The third-order valence-corrected chi connectivity index (χ3v) is 7.27. The van der Waals surface area contributed by atoms with Crippen LogP contribution >= 0.6 is 11.3 Å². The molecule has 0 spiro atoms. The monoisotopic (exact) mass is 609 g/mol. The van der Waals surface area contributed by atoms with Crippen molar-refractivity contribution in [3.63, 3.8) is 0 Å². The Morgan fingerprint density at radius 3 is 2.40 bits per heavy atom. The van der Waals surface area contributed by atoms with Gasteiger partial charge in [0.05, 0.1) is 15.1 Å². The second-order valence-corrected chi connectivity index (χ2v) is 12.1. The van der Waals surface area contributed by atoms with Crippen LogP contribution in [0.25, 0.3) is 10.2 Å². The Morgan fingerprint density at radius 1 is 0.907 bits per heavy atom. The van der Waals surface area contributed by atoms with Crippen LogP contribution in [-0.4, -0.2) is 41.5 Å². The number of amides is 2. The minimum atomic E-state index is -0.617. The molecular weight excluding hydrogens is 576 g/mol. The number of ether oxygens (including phenoxy) is 2. The van der Waals surface area contributed by atoms with Gasteiger partial charge in [0.2, 0.25) is 0 Å². The molecule has 2 N–H and O–H groups in total. The molecule has 0 fully saturated rings. The number of nitrogens with zero attached hydrogens (tertiary/aromatic N) is 1. The number of pyridine rings is 1. The van der Waals surface area contributed by atoms with Crippen molar-refractivity contribution >= 4 is 39.3 Å². The normalized spacial score (nSPS) is 11.3. The molecular formula is C32H33F2N3O5S. The SMILES string of the molecule is Cc1ccc(F)c(CC(=O)Cc2ccc(Oc3ccnc4cc(C(=O)NCCCNC(=O)OC(C)(C)C)sc34)cc2F)c1. The molecule has 0 unspecified atom stereocenters. The number of aromatic nitrogens is 1. The maximum atomic E-state index is 14.9. The lowest BCUT2D eigenvalue weighted by molar-refractivity contribution is -0.117. The van der Waals surface area contributed by atoms with E-state index in [1.165, 1.54) is 35.7 Å². The van der Waals surface area contributed by atoms with E-state index in [2.05, 4.69) is 15.6 Å². The lowest BCUT2D eigenvalue weighted by Crippen LogP contribution is -2.34. The standard InChI is InChI=1S/C32H33F2N3O5S/c1-19-6-9-24(33)21(14-19)16-22(38)15-20-7-8-23(17-25(20)34)41-27-10-13-35-26-18-28(43-29(26)27)30(39)36-11-5-12-37-31(40)42-32(2,3)4/h6-10,13-14,17-18H,5,11-12,15-16H2,1-4H3,(H,36,39)(H,37,40). The fourth-order valence-corrected chi connectivity index (χ4v) is 5.16. The molecule has 0 bridgehead atoms. The number of carbonyl (C=O) groups excluding carboxylic acids is 3. The average molecular weight is 610 g/mol. The first-order valence-electron chi connectivity index (χ1n) is 13.7. The minimum Gasteiger partial charge on any atom is -0.456 e. The molecule has 0 aliphatic heterocycles. The summed E-state index contributed by atoms with van der Waals surface area (Å²) in [5, 5.41) is 5.46. The van der Waals surface area contributed by atoms with Crippen molar-refractivity contribution in [3.05, 3.63) is 87.9 Å². The number of carbonyl (C=O) groups is 3. The van der Waals surface area contributed by atoms with Gasteiger partial charge in [-0.15, -0.1) is 11.3 Å². The topological polar surface area (TPSA) is 107 Å². The van der Waals surface area contributed by atoms with Crippen molar-refractivity contribution in [1.82, 2.24) is 15.6 Å². The zero-order valence-corrected chi connectivity index (χ0v) is 25.2. The highest BCUT2D eigenvalue weighted by Crippen LogP contribution is 2.35. The summed E-state index contributed by atoms with van der Waals surface area (Å²) in [4.78, 5) is 41.7. The zero-order chi connectivity index (χ0) is 31.1. The van der Waals surface area contributed by atoms with E-state index in [1.807, 2.05) is 6.92 Å². The molecule has 43 heavy (non-hydrogen) atoms. The Hall–Kier alpha value is -4.38. The van der Waals surface area contributed by atoms with Gasteiger partial charge in [0.25, 0.3) is 5.91 Å². The van der Waals surface area contributed by atoms with Gasteiger partial charge >= 0.3 is 6.09 Å². The first kappa shape index (κ1) is 31.6. The number of alkyl carbamates (subject to hydrolysis) is 1. The van der Waals surface area contributed by atoms with E-state index in [1.54, 1.807) is 51.1 Å². The number of ketones is 1. The van der Waals surface area contributed by atoms with E-state index >= 15 is 0 Å². The highest BCUT2D eigenvalue weighted by Gasteiger charge is 2.17. The van der Waals surface area contributed by atoms with Crippen LogP contribution in [0.4, 0.5) is 13.6 Å². The van der Waals surface area contributed by atoms with Gasteiger partial charge in [0.15, 0.2) is 0 Å². The summed E-state index contributed by atoms with van der Waals surface area (Å²) < 4.78 is 40.7. The third-order valence-electron chi connectivity index (χ3n) is 6.14. The van der Waals surface area contributed by atoms with Crippen LogP contribution < -0.4 is 15.4 Å². The van der Waals surface area contributed by atoms with Crippen LogP contribution in [0.5, 0.6) is 11.5 Å². The summed E-state index contributed by atoms with van der Waals surface area (Å²) >= 11 is 1.19. The molecule has 4 aromatic rings. The highest BCUT2D eigenvalue weighted by atomic mass is 32.1. The van der Waals surface area contributed by atoms with Crippen LogP contribution in [0.2, 0.25) is 0 Å². The molecule has 226 valence electrons. The molecule has 0 aliphatic rings. The zero-order valence-electron chi connectivity index (χ0n) is 24.4. The number of fused-ring (bicyclic) bond motifs is 1. The molecule has 4 rings (SSSR count). The Labute approximate surface area is 252 Å². The van der Waals surface area contributed by atoms with Crippen molar-refractivity contribution in [2.24, 2.45) is 0 Å². The maximum Gasteiger partial charge on any atom is 0.407 e. The van der Waals surface area contributed by atoms with Crippen molar-refractivity contribution in [3.8, 4) is 11.5 Å². The van der Waals surface area contributed by atoms with Crippen LogP contribution in [0, 0.1) is 18.6 Å². The average Bonchev–Trinajstić information content (AvgIpc) is 3.37. The summed E-state index contributed by atoms with van der Waals surface area (Å²) in [5.74, 6) is -1.08. The molecule has 2 aromatic carbocycles. The molecule has 2 heterocycles. The lowest BCUT2D eigenvalue weighted by atomic mass is 10.0. The number of benzene rings is 2. The predicted molar refractivity (Wildman–Crippen MR) is 161 cm³/mol. The quantitative estimate of drug-likeness (QED) is 0.184. The van der Waals surface area contributed by atoms with Gasteiger partial charge in [0, 0.05) is 44.3 Å². The van der Waals surface area contributed by atoms with E-state index in [0.29, 0.717) is 40.4 Å². The number of hydrogen-bond donors (Lipinski definition) is 2. The number of thiophene rings is 1. The molecule has 11 heteroatoms. The summed E-state index contributed by atoms with van der Waals surface area (Å²) in [6.07, 6.45) is 1.22. The molecule has 2 aromatic heterocycles. The van der Waals surface area contributed by atoms with E-state index < -0.39 is 23.3 Å². The number of Topliss-reactive ketones (excluding diaryl/α,β-unsaturated/α-hetero) is 1. The Kier molecular flexibility index (Phi) is 10.1. The number of rotatable bonds is 11. The fourth-order valence-electron chi connectivity index (χ4n) is 4.18. The van der Waals surface area contributed by atoms with Crippen molar-refractivity contribution in [2.75, 3.05) is 13.1 Å². The maximum absolute atomic E-state index is 14.9. The fraction of sp³-hybridized carbons (Fsp3) is 0.312. The second-order valence-electron chi connectivity index (χ2n) is 11.0.